The summed E-state index contributed by atoms with van der Waals surface area (Å²) >= 11 is 6.45. The summed E-state index contributed by atoms with van der Waals surface area (Å²) in [6.07, 6.45) is -0.109. The van der Waals surface area contributed by atoms with Gasteiger partial charge < -0.3 is 9.26 Å². The average molecular weight is 391 g/mol. The first-order valence-corrected chi connectivity index (χ1v) is 9.41. The molecule has 4 rings (SSSR count). The fourth-order valence-electron chi connectivity index (χ4n) is 2.98. The van der Waals surface area contributed by atoms with Gasteiger partial charge in [-0.05, 0) is 49.2 Å². The van der Waals surface area contributed by atoms with Gasteiger partial charge in [0.2, 0.25) is 5.82 Å². The highest BCUT2D eigenvalue weighted by Crippen LogP contribution is 2.33. The predicted octanol–water partition coefficient (Wildman–Crippen LogP) is 6.51. The summed E-state index contributed by atoms with van der Waals surface area (Å²) in [6.45, 7) is 4.00. The molecule has 0 amide bonds. The molecular weight excluding hydrogens is 372 g/mol. The van der Waals surface area contributed by atoms with E-state index < -0.39 is 0 Å². The topological polar surface area (TPSA) is 48.2 Å². The second kappa shape index (κ2) is 7.87. The quantitative estimate of drug-likeness (QED) is 0.390. The van der Waals surface area contributed by atoms with Gasteiger partial charge in [-0.25, -0.2) is 0 Å². The Labute approximate surface area is 168 Å². The molecule has 140 valence electrons. The second-order valence-corrected chi connectivity index (χ2v) is 6.96. The Kier molecular flexibility index (Phi) is 5.13. The van der Waals surface area contributed by atoms with Crippen LogP contribution >= 0.6 is 11.6 Å². The Bertz CT molecular complexity index is 1090. The number of ether oxygens (including phenoxy) is 1. The maximum absolute atomic E-state index is 6.45. The molecule has 4 nitrogen and oxygen atoms in total. The SMILES string of the molecule is Cc1ccccc1-c1nc(-c2ccc(OC(C)c3ccccc3)c(Cl)c2)no1. The van der Waals surface area contributed by atoms with Crippen molar-refractivity contribution < 1.29 is 9.26 Å². The number of halogens is 1. The summed E-state index contributed by atoms with van der Waals surface area (Å²) in [6, 6.07) is 23.4. The molecule has 0 fully saturated rings. The minimum atomic E-state index is -0.109. The minimum absolute atomic E-state index is 0.109. The van der Waals surface area contributed by atoms with Gasteiger partial charge in [-0.1, -0.05) is 65.3 Å². The summed E-state index contributed by atoms with van der Waals surface area (Å²) < 4.78 is 11.5. The molecule has 1 aromatic heterocycles. The summed E-state index contributed by atoms with van der Waals surface area (Å²) in [4.78, 5) is 4.51. The lowest BCUT2D eigenvalue weighted by Crippen LogP contribution is -2.03. The van der Waals surface area contributed by atoms with E-state index in [0.717, 1.165) is 22.3 Å². The van der Waals surface area contributed by atoms with Crippen molar-refractivity contribution in [2.45, 2.75) is 20.0 Å². The van der Waals surface area contributed by atoms with Crippen LogP contribution in [0.2, 0.25) is 5.02 Å². The highest BCUT2D eigenvalue weighted by molar-refractivity contribution is 6.32. The van der Waals surface area contributed by atoms with E-state index in [1.54, 1.807) is 6.07 Å². The lowest BCUT2D eigenvalue weighted by molar-refractivity contribution is 0.227. The zero-order chi connectivity index (χ0) is 19.5. The molecule has 0 N–H and O–H groups in total. The summed E-state index contributed by atoms with van der Waals surface area (Å²) in [5.74, 6) is 1.59. The van der Waals surface area contributed by atoms with Gasteiger partial charge in [-0.15, -0.1) is 0 Å². The molecule has 0 bridgehead atoms. The van der Waals surface area contributed by atoms with Crippen molar-refractivity contribution in [3.8, 4) is 28.6 Å². The van der Waals surface area contributed by atoms with E-state index in [-0.39, 0.29) is 6.10 Å². The molecule has 0 aliphatic heterocycles. The van der Waals surface area contributed by atoms with Crippen LogP contribution in [0.5, 0.6) is 5.75 Å². The Hall–Kier alpha value is -3.11. The third-order valence-electron chi connectivity index (χ3n) is 4.56. The third kappa shape index (κ3) is 3.78. The van der Waals surface area contributed by atoms with Crippen LogP contribution < -0.4 is 4.74 Å². The molecule has 3 aromatic carbocycles. The van der Waals surface area contributed by atoms with Crippen molar-refractivity contribution in [3.63, 3.8) is 0 Å². The van der Waals surface area contributed by atoms with Crippen molar-refractivity contribution in [3.05, 3.63) is 88.9 Å². The van der Waals surface area contributed by atoms with Gasteiger partial charge >= 0.3 is 0 Å². The van der Waals surface area contributed by atoms with Crippen molar-refractivity contribution in [2.24, 2.45) is 0 Å². The van der Waals surface area contributed by atoms with E-state index >= 15 is 0 Å². The van der Waals surface area contributed by atoms with Crippen molar-refractivity contribution in [2.75, 3.05) is 0 Å². The standard InChI is InChI=1S/C23H19ClN2O2/c1-15-8-6-7-11-19(15)23-25-22(26-28-23)18-12-13-21(20(24)14-18)27-16(2)17-9-4-3-5-10-17/h3-14,16H,1-2H3. The monoisotopic (exact) mass is 390 g/mol. The lowest BCUT2D eigenvalue weighted by Gasteiger charge is -2.16. The van der Waals surface area contributed by atoms with Crippen LogP contribution in [0.1, 0.15) is 24.2 Å². The van der Waals surface area contributed by atoms with Gasteiger partial charge in [-0.2, -0.15) is 4.98 Å². The highest BCUT2D eigenvalue weighted by atomic mass is 35.5. The molecule has 4 aromatic rings. The van der Waals surface area contributed by atoms with E-state index in [1.807, 2.05) is 80.6 Å². The molecule has 0 radical (unpaired) electrons. The number of aryl methyl sites for hydroxylation is 1. The van der Waals surface area contributed by atoms with Crippen LogP contribution in [0, 0.1) is 6.92 Å². The van der Waals surface area contributed by atoms with Gasteiger partial charge in [0.15, 0.2) is 0 Å². The zero-order valence-corrected chi connectivity index (χ0v) is 16.4. The molecular formula is C23H19ClN2O2. The number of benzene rings is 3. The van der Waals surface area contributed by atoms with Crippen molar-refractivity contribution >= 4 is 11.6 Å². The Morgan fingerprint density at radius 1 is 0.964 bits per heavy atom. The zero-order valence-electron chi connectivity index (χ0n) is 15.6. The predicted molar refractivity (Wildman–Crippen MR) is 110 cm³/mol. The van der Waals surface area contributed by atoms with Crippen molar-refractivity contribution in [1.82, 2.24) is 10.1 Å². The molecule has 0 aliphatic rings. The number of rotatable bonds is 5. The van der Waals surface area contributed by atoms with Crippen LogP contribution in [0.25, 0.3) is 22.8 Å². The lowest BCUT2D eigenvalue weighted by atomic mass is 10.1. The maximum atomic E-state index is 6.45. The van der Waals surface area contributed by atoms with Gasteiger partial charge in [0.05, 0.1) is 5.02 Å². The van der Waals surface area contributed by atoms with Gasteiger partial charge in [0.1, 0.15) is 11.9 Å². The van der Waals surface area contributed by atoms with Gasteiger partial charge in [0, 0.05) is 11.1 Å². The number of aromatic nitrogens is 2. The molecule has 0 aliphatic carbocycles. The second-order valence-electron chi connectivity index (χ2n) is 6.55. The van der Waals surface area contributed by atoms with E-state index in [2.05, 4.69) is 10.1 Å². The number of hydrogen-bond donors (Lipinski definition) is 0. The van der Waals surface area contributed by atoms with Crippen LogP contribution in [0.4, 0.5) is 0 Å². The molecule has 28 heavy (non-hydrogen) atoms. The number of hydrogen-bond acceptors (Lipinski definition) is 4. The van der Waals surface area contributed by atoms with E-state index in [4.69, 9.17) is 20.9 Å². The third-order valence-corrected chi connectivity index (χ3v) is 4.86. The van der Waals surface area contributed by atoms with Crippen molar-refractivity contribution in [1.29, 1.82) is 0 Å². The Balaban J connectivity index is 1.56. The molecule has 5 heteroatoms. The van der Waals surface area contributed by atoms with Crippen LogP contribution in [0.3, 0.4) is 0 Å². The minimum Gasteiger partial charge on any atom is -0.484 e. The largest absolute Gasteiger partial charge is 0.484 e. The Morgan fingerprint density at radius 3 is 2.46 bits per heavy atom. The summed E-state index contributed by atoms with van der Waals surface area (Å²) in [5, 5.41) is 4.60. The maximum Gasteiger partial charge on any atom is 0.258 e. The Morgan fingerprint density at radius 2 is 1.71 bits per heavy atom. The molecule has 0 spiro atoms. The number of nitrogens with zero attached hydrogens (tertiary/aromatic N) is 2. The molecule has 0 saturated carbocycles. The highest BCUT2D eigenvalue weighted by Gasteiger charge is 2.15. The van der Waals surface area contributed by atoms with Crippen LogP contribution in [-0.2, 0) is 0 Å². The molecule has 1 atom stereocenters. The first-order valence-electron chi connectivity index (χ1n) is 9.03. The fraction of sp³-hybridized carbons (Fsp3) is 0.130. The summed E-state index contributed by atoms with van der Waals surface area (Å²) in [5.41, 5.74) is 3.86. The van der Waals surface area contributed by atoms with Crippen LogP contribution in [-0.4, -0.2) is 10.1 Å². The summed E-state index contributed by atoms with van der Waals surface area (Å²) in [7, 11) is 0. The first-order chi connectivity index (χ1) is 13.6. The molecule has 0 saturated heterocycles. The average Bonchev–Trinajstić information content (AvgIpc) is 3.20. The first kappa shape index (κ1) is 18.3. The smallest absolute Gasteiger partial charge is 0.258 e. The van der Waals surface area contributed by atoms with E-state index in [0.29, 0.717) is 22.5 Å². The molecule has 1 unspecified atom stereocenters. The van der Waals surface area contributed by atoms with E-state index in [1.165, 1.54) is 0 Å². The van der Waals surface area contributed by atoms with Crippen LogP contribution in [0.15, 0.2) is 77.3 Å². The molecule has 1 heterocycles. The van der Waals surface area contributed by atoms with Gasteiger partial charge in [0.25, 0.3) is 5.89 Å². The fourth-order valence-corrected chi connectivity index (χ4v) is 3.21. The normalized spacial score (nSPS) is 12.0. The van der Waals surface area contributed by atoms with Gasteiger partial charge in [-0.3, -0.25) is 0 Å². The van der Waals surface area contributed by atoms with E-state index in [9.17, 15) is 0 Å².